The molecule has 7 nitrogen and oxygen atoms in total. The lowest BCUT2D eigenvalue weighted by Crippen LogP contribution is -2.54. The fourth-order valence-electron chi connectivity index (χ4n) is 3.51. The smallest absolute Gasteiger partial charge is 0.243 e. The van der Waals surface area contributed by atoms with Crippen LogP contribution in [-0.2, 0) is 16.1 Å². The number of β-amino-alcohol motifs (C(OH)–C–C–N with tert-alkyl or cyclic N) is 1. The maximum absolute atomic E-state index is 12.8. The van der Waals surface area contributed by atoms with Crippen molar-refractivity contribution in [1.29, 1.82) is 0 Å². The molecule has 3 rings (SSSR count). The molecule has 1 aromatic carbocycles. The molecule has 2 heterocycles. The van der Waals surface area contributed by atoms with Crippen LogP contribution in [-0.4, -0.2) is 51.5 Å². The average Bonchev–Trinajstić information content (AvgIpc) is 3.30. The Kier molecular flexibility index (Phi) is 8.21. The van der Waals surface area contributed by atoms with Crippen molar-refractivity contribution >= 4 is 35.6 Å². The summed E-state index contributed by atoms with van der Waals surface area (Å²) in [7, 11) is 0. The second-order valence-electron chi connectivity index (χ2n) is 8.92. The second-order valence-corrected chi connectivity index (χ2v) is 9.78. The van der Waals surface area contributed by atoms with Gasteiger partial charge in [-0.15, -0.1) is 23.7 Å². The third-order valence-electron chi connectivity index (χ3n) is 5.49. The summed E-state index contributed by atoms with van der Waals surface area (Å²) < 4.78 is 0. The van der Waals surface area contributed by atoms with Crippen molar-refractivity contribution < 1.29 is 14.7 Å². The minimum Gasteiger partial charge on any atom is -0.391 e. The molecule has 2 amide bonds. The number of aryl methyl sites for hydroxylation is 1. The van der Waals surface area contributed by atoms with Gasteiger partial charge in [0.15, 0.2) is 0 Å². The summed E-state index contributed by atoms with van der Waals surface area (Å²) in [4.78, 5) is 32.4. The van der Waals surface area contributed by atoms with Gasteiger partial charge in [0.2, 0.25) is 11.8 Å². The summed E-state index contributed by atoms with van der Waals surface area (Å²) >= 11 is 1.60. The largest absolute Gasteiger partial charge is 0.391 e. The van der Waals surface area contributed by atoms with Gasteiger partial charge >= 0.3 is 0 Å². The Morgan fingerprint density at radius 3 is 2.52 bits per heavy atom. The van der Waals surface area contributed by atoms with Crippen LogP contribution in [0.4, 0.5) is 0 Å². The van der Waals surface area contributed by atoms with Gasteiger partial charge in [-0.1, -0.05) is 45.0 Å². The maximum atomic E-state index is 12.8. The van der Waals surface area contributed by atoms with Crippen LogP contribution in [0.2, 0.25) is 0 Å². The quantitative estimate of drug-likeness (QED) is 0.627. The fourth-order valence-corrected chi connectivity index (χ4v) is 4.33. The Bertz CT molecular complexity index is 910. The van der Waals surface area contributed by atoms with Crippen LogP contribution in [0.3, 0.4) is 0 Å². The molecule has 0 spiro atoms. The SMILES string of the molecule is Cc1ncsc1-c1ccc(CNC(=O)[C@@H]2C[C@H](O)CN2C(=O)[C@@H](N)C(C)(C)C)cc1.Cl. The number of nitrogens with one attached hydrogen (secondary N) is 1. The van der Waals surface area contributed by atoms with E-state index in [1.54, 1.807) is 11.3 Å². The fraction of sp³-hybridized carbons (Fsp3) is 0.500. The molecule has 1 aliphatic heterocycles. The van der Waals surface area contributed by atoms with Crippen LogP contribution in [0.15, 0.2) is 29.8 Å². The minimum absolute atomic E-state index is 0. The van der Waals surface area contributed by atoms with Crippen molar-refractivity contribution in [3.05, 3.63) is 41.0 Å². The number of halogens is 1. The van der Waals surface area contributed by atoms with E-state index in [9.17, 15) is 14.7 Å². The highest BCUT2D eigenvalue weighted by molar-refractivity contribution is 7.13. The Morgan fingerprint density at radius 2 is 1.97 bits per heavy atom. The molecule has 0 radical (unpaired) electrons. The van der Waals surface area contributed by atoms with Crippen molar-refractivity contribution in [2.75, 3.05) is 6.54 Å². The van der Waals surface area contributed by atoms with Gasteiger partial charge in [0.05, 0.1) is 28.2 Å². The summed E-state index contributed by atoms with van der Waals surface area (Å²) in [6, 6.07) is 6.52. The minimum atomic E-state index is -0.735. The topological polar surface area (TPSA) is 109 Å². The number of amides is 2. The van der Waals surface area contributed by atoms with E-state index in [4.69, 9.17) is 5.73 Å². The lowest BCUT2D eigenvalue weighted by Gasteiger charge is -2.32. The molecule has 1 fully saturated rings. The van der Waals surface area contributed by atoms with E-state index in [-0.39, 0.29) is 37.2 Å². The van der Waals surface area contributed by atoms with Crippen molar-refractivity contribution in [1.82, 2.24) is 15.2 Å². The molecular formula is C22H31ClN4O3S. The van der Waals surface area contributed by atoms with E-state index >= 15 is 0 Å². The zero-order chi connectivity index (χ0) is 22.1. The van der Waals surface area contributed by atoms with Crippen LogP contribution in [0, 0.1) is 12.3 Å². The van der Waals surface area contributed by atoms with E-state index in [0.29, 0.717) is 6.54 Å². The molecule has 31 heavy (non-hydrogen) atoms. The van der Waals surface area contributed by atoms with E-state index in [2.05, 4.69) is 10.3 Å². The van der Waals surface area contributed by atoms with E-state index in [1.165, 1.54) is 4.90 Å². The summed E-state index contributed by atoms with van der Waals surface area (Å²) in [5.41, 5.74) is 10.6. The summed E-state index contributed by atoms with van der Waals surface area (Å²) in [6.07, 6.45) is -0.503. The number of nitrogens with two attached hydrogens (primary N) is 1. The van der Waals surface area contributed by atoms with E-state index < -0.39 is 23.6 Å². The highest BCUT2D eigenvalue weighted by Gasteiger charge is 2.42. The molecule has 1 aliphatic rings. The van der Waals surface area contributed by atoms with Crippen LogP contribution in [0.25, 0.3) is 10.4 Å². The predicted molar refractivity (Wildman–Crippen MR) is 125 cm³/mol. The summed E-state index contributed by atoms with van der Waals surface area (Å²) in [6.45, 7) is 8.11. The Morgan fingerprint density at radius 1 is 1.32 bits per heavy atom. The zero-order valence-corrected chi connectivity index (χ0v) is 19.9. The van der Waals surface area contributed by atoms with Crippen LogP contribution in [0.5, 0.6) is 0 Å². The normalized spacial score (nSPS) is 19.6. The molecule has 9 heteroatoms. The van der Waals surface area contributed by atoms with Crippen molar-refractivity contribution in [3.63, 3.8) is 0 Å². The average molecular weight is 467 g/mol. The molecule has 1 saturated heterocycles. The van der Waals surface area contributed by atoms with Gasteiger partial charge < -0.3 is 21.1 Å². The molecular weight excluding hydrogens is 436 g/mol. The third kappa shape index (κ3) is 5.83. The number of carbonyl (C=O) groups is 2. The monoisotopic (exact) mass is 466 g/mol. The lowest BCUT2D eigenvalue weighted by atomic mass is 9.86. The highest BCUT2D eigenvalue weighted by atomic mass is 35.5. The van der Waals surface area contributed by atoms with Crippen LogP contribution < -0.4 is 11.1 Å². The first-order chi connectivity index (χ1) is 14.1. The first kappa shape index (κ1) is 25.3. The molecule has 1 aromatic heterocycles. The maximum Gasteiger partial charge on any atom is 0.243 e. The van der Waals surface area contributed by atoms with E-state index in [1.807, 2.05) is 57.5 Å². The summed E-state index contributed by atoms with van der Waals surface area (Å²) in [5, 5.41) is 13.0. The molecule has 3 atom stereocenters. The first-order valence-electron chi connectivity index (χ1n) is 10.1. The number of carbonyl (C=O) groups excluding carboxylic acids is 2. The molecule has 2 aromatic rings. The second kappa shape index (κ2) is 10.1. The number of hydrogen-bond donors (Lipinski definition) is 3. The third-order valence-corrected chi connectivity index (χ3v) is 6.47. The Labute approximate surface area is 193 Å². The number of hydrogen-bond acceptors (Lipinski definition) is 6. The Hall–Kier alpha value is -2.00. The number of nitrogens with zero attached hydrogens (tertiary/aromatic N) is 2. The molecule has 0 aliphatic carbocycles. The Balaban J connectivity index is 0.00000341. The number of aliphatic hydroxyl groups excluding tert-OH is 1. The molecule has 170 valence electrons. The van der Waals surface area contributed by atoms with Crippen LogP contribution >= 0.6 is 23.7 Å². The van der Waals surface area contributed by atoms with Gasteiger partial charge in [-0.05, 0) is 23.5 Å². The molecule has 4 N–H and O–H groups in total. The van der Waals surface area contributed by atoms with Crippen LogP contribution in [0.1, 0.15) is 38.4 Å². The zero-order valence-electron chi connectivity index (χ0n) is 18.3. The van der Waals surface area contributed by atoms with Gasteiger partial charge in [-0.25, -0.2) is 4.98 Å². The summed E-state index contributed by atoms with van der Waals surface area (Å²) in [5.74, 6) is -0.577. The van der Waals surface area contributed by atoms with Crippen molar-refractivity contribution in [2.45, 2.75) is 58.8 Å². The van der Waals surface area contributed by atoms with Crippen molar-refractivity contribution in [2.24, 2.45) is 11.1 Å². The van der Waals surface area contributed by atoms with Gasteiger partial charge in [0.25, 0.3) is 0 Å². The predicted octanol–water partition coefficient (Wildman–Crippen LogP) is 2.49. The van der Waals surface area contributed by atoms with Gasteiger partial charge in [0.1, 0.15) is 6.04 Å². The highest BCUT2D eigenvalue weighted by Crippen LogP contribution is 2.27. The molecule has 0 saturated carbocycles. The number of benzene rings is 1. The van der Waals surface area contributed by atoms with Crippen molar-refractivity contribution in [3.8, 4) is 10.4 Å². The first-order valence-corrected chi connectivity index (χ1v) is 11.0. The molecule has 0 unspecified atom stereocenters. The number of rotatable bonds is 5. The standard InChI is InChI=1S/C22H30N4O3S.ClH/c1-13-18(30-12-25-13)15-7-5-14(6-8-15)10-24-20(28)17-9-16(27)11-26(17)21(29)19(23)22(2,3)4;/h5-8,12,16-17,19,27H,9-11,23H2,1-4H3,(H,24,28);1H/t16-,17-,19+;/m0./s1. The number of aromatic nitrogens is 1. The number of thiazole rings is 1. The van der Waals surface area contributed by atoms with Gasteiger partial charge in [-0.2, -0.15) is 0 Å². The van der Waals surface area contributed by atoms with Gasteiger partial charge in [0, 0.05) is 19.5 Å². The number of aliphatic hydroxyl groups is 1. The lowest BCUT2D eigenvalue weighted by molar-refractivity contribution is -0.141. The number of likely N-dealkylation sites (tertiary alicyclic amines) is 1. The molecule has 0 bridgehead atoms. The van der Waals surface area contributed by atoms with E-state index in [0.717, 1.165) is 21.7 Å². The van der Waals surface area contributed by atoms with Gasteiger partial charge in [-0.3, -0.25) is 9.59 Å².